The van der Waals surface area contributed by atoms with Crippen molar-refractivity contribution >= 4 is 16.4 Å². The maximum absolute atomic E-state index is 12.8. The minimum Gasteiger partial charge on any atom is -0.457 e. The number of hydrogen-bond acceptors (Lipinski definition) is 11. The smallest absolute Gasteiger partial charge is 0.397 e. The van der Waals surface area contributed by atoms with Gasteiger partial charge < -0.3 is 34.3 Å². The molecule has 0 spiro atoms. The molecule has 364 valence electrons. The molecule has 1 heterocycles. The lowest BCUT2D eigenvalue weighted by Gasteiger charge is -2.41. The molecule has 0 aromatic rings. The summed E-state index contributed by atoms with van der Waals surface area (Å²) in [4.78, 5) is 12.8. The van der Waals surface area contributed by atoms with Crippen LogP contribution in [-0.2, 0) is 38.3 Å². The molecule has 1 rings (SSSR count). The van der Waals surface area contributed by atoms with E-state index in [1.165, 1.54) is 173 Å². The molecular formula is C48H94O12S. The van der Waals surface area contributed by atoms with Crippen LogP contribution >= 0.6 is 0 Å². The highest BCUT2D eigenvalue weighted by atomic mass is 32.3. The van der Waals surface area contributed by atoms with Crippen molar-refractivity contribution in [1.82, 2.24) is 0 Å². The largest absolute Gasteiger partial charge is 0.457 e. The summed E-state index contributed by atoms with van der Waals surface area (Å²) in [5, 5.41) is 30.7. The van der Waals surface area contributed by atoms with E-state index in [1.54, 1.807) is 0 Å². The third kappa shape index (κ3) is 34.2. The van der Waals surface area contributed by atoms with E-state index in [2.05, 4.69) is 18.0 Å². The summed E-state index contributed by atoms with van der Waals surface area (Å²) in [7, 11) is -5.06. The first kappa shape index (κ1) is 58.1. The summed E-state index contributed by atoms with van der Waals surface area (Å²) in [6.07, 6.45) is 34.5. The Kier molecular flexibility index (Phi) is 38.7. The van der Waals surface area contributed by atoms with Gasteiger partial charge in [-0.3, -0.25) is 9.35 Å². The molecule has 0 bridgehead atoms. The second-order valence-electron chi connectivity index (χ2n) is 17.8. The zero-order chi connectivity index (χ0) is 44.7. The van der Waals surface area contributed by atoms with E-state index in [1.807, 2.05) is 0 Å². The number of carbonyl (C=O) groups is 1. The molecule has 6 unspecified atom stereocenters. The Bertz CT molecular complexity index is 1080. The van der Waals surface area contributed by atoms with E-state index in [0.29, 0.717) is 13.0 Å². The second kappa shape index (κ2) is 40.6. The first-order valence-corrected chi connectivity index (χ1v) is 26.7. The second-order valence-corrected chi connectivity index (χ2v) is 18.8. The van der Waals surface area contributed by atoms with Crippen molar-refractivity contribution in [3.63, 3.8) is 0 Å². The van der Waals surface area contributed by atoms with Gasteiger partial charge in [-0.1, -0.05) is 219 Å². The van der Waals surface area contributed by atoms with Crippen LogP contribution in [0, 0.1) is 0 Å². The molecule has 0 radical (unpaired) electrons. The fourth-order valence-corrected chi connectivity index (χ4v) is 8.65. The Morgan fingerprint density at radius 2 is 0.934 bits per heavy atom. The molecule has 4 N–H and O–H groups in total. The predicted octanol–water partition coefficient (Wildman–Crippen LogP) is 11.3. The minimum atomic E-state index is -5.06. The van der Waals surface area contributed by atoms with E-state index >= 15 is 0 Å². The topological polar surface area (TPSA) is 178 Å². The van der Waals surface area contributed by atoms with Crippen LogP contribution in [-0.4, -0.2) is 97.5 Å². The summed E-state index contributed by atoms with van der Waals surface area (Å²) in [5.74, 6) is -0.395. The number of aliphatic hydroxyl groups is 3. The number of esters is 1. The number of aliphatic hydroxyl groups excluding tert-OH is 3. The summed E-state index contributed by atoms with van der Waals surface area (Å²) in [6.45, 7) is 4.02. The highest BCUT2D eigenvalue weighted by Gasteiger charge is 2.48. The van der Waals surface area contributed by atoms with Crippen molar-refractivity contribution in [2.75, 3.05) is 26.4 Å². The molecular weight excluding hydrogens is 801 g/mol. The molecule has 0 aliphatic carbocycles. The third-order valence-electron chi connectivity index (χ3n) is 12.0. The van der Waals surface area contributed by atoms with Crippen LogP contribution in [0.25, 0.3) is 0 Å². The first-order chi connectivity index (χ1) is 29.6. The van der Waals surface area contributed by atoms with Gasteiger partial charge >= 0.3 is 16.4 Å². The first-order valence-electron chi connectivity index (χ1n) is 25.3. The van der Waals surface area contributed by atoms with Gasteiger partial charge in [0.2, 0.25) is 0 Å². The van der Waals surface area contributed by atoms with Crippen LogP contribution in [0.5, 0.6) is 0 Å². The van der Waals surface area contributed by atoms with Gasteiger partial charge in [0.05, 0.1) is 19.8 Å². The molecule has 0 saturated carbocycles. The van der Waals surface area contributed by atoms with Gasteiger partial charge in [0.15, 0.2) is 6.29 Å². The number of hydrogen-bond donors (Lipinski definition) is 4. The van der Waals surface area contributed by atoms with Crippen molar-refractivity contribution < 1.29 is 56.2 Å². The lowest BCUT2D eigenvalue weighted by Crippen LogP contribution is -2.60. The van der Waals surface area contributed by atoms with Crippen molar-refractivity contribution in [2.24, 2.45) is 0 Å². The lowest BCUT2D eigenvalue weighted by atomic mass is 9.99. The molecule has 1 aliphatic rings. The Morgan fingerprint density at radius 3 is 1.31 bits per heavy atom. The Morgan fingerprint density at radius 1 is 0.557 bits per heavy atom. The molecule has 1 aliphatic heterocycles. The standard InChI is InChI=1S/C48H94O12S/c1-3-5-7-9-11-13-15-16-17-18-19-20-21-22-23-24-25-26-27-28-30-32-34-36-38-56-40-42(58-44(50)37-35-33-31-29-14-12-10-8-6-4-2)41-57-48-46(52)47(60-61(53,54)55)45(51)43(39-49)59-48/h42-43,45-49,51-52H,3-41H2,1-2H3,(H,53,54,55). The van der Waals surface area contributed by atoms with Crippen LogP contribution in [0.15, 0.2) is 0 Å². The molecule has 13 heteroatoms. The van der Waals surface area contributed by atoms with Crippen LogP contribution in [0.4, 0.5) is 0 Å². The zero-order valence-corrected chi connectivity index (χ0v) is 39.8. The van der Waals surface area contributed by atoms with Crippen molar-refractivity contribution in [3.8, 4) is 0 Å². The average molecular weight is 895 g/mol. The maximum Gasteiger partial charge on any atom is 0.397 e. The summed E-state index contributed by atoms with van der Waals surface area (Å²) in [5.41, 5.74) is 0. The third-order valence-corrected chi connectivity index (χ3v) is 12.4. The van der Waals surface area contributed by atoms with Gasteiger partial charge in [-0.25, -0.2) is 4.18 Å². The van der Waals surface area contributed by atoms with Gasteiger partial charge in [-0.05, 0) is 12.8 Å². The number of ether oxygens (including phenoxy) is 4. The SMILES string of the molecule is CCCCCCCCCCCCCCCCCCCCCCCCCCOCC(COC1OC(CO)C(O)C(OS(=O)(=O)O)C1O)OC(=O)CCCCCCCCCCCC. The van der Waals surface area contributed by atoms with Crippen molar-refractivity contribution in [1.29, 1.82) is 0 Å². The normalized spacial score (nSPS) is 20.0. The van der Waals surface area contributed by atoms with Gasteiger partial charge in [0.1, 0.15) is 30.5 Å². The molecule has 0 aromatic heterocycles. The minimum absolute atomic E-state index is 0.0446. The predicted molar refractivity (Wildman–Crippen MR) is 244 cm³/mol. The van der Waals surface area contributed by atoms with Crippen molar-refractivity contribution in [2.45, 2.75) is 275 Å². The van der Waals surface area contributed by atoms with E-state index in [4.69, 9.17) is 23.5 Å². The van der Waals surface area contributed by atoms with Crippen LogP contribution in [0.2, 0.25) is 0 Å². The molecule has 12 nitrogen and oxygen atoms in total. The summed E-state index contributed by atoms with van der Waals surface area (Å²) >= 11 is 0. The quantitative estimate of drug-likeness (QED) is 0.0259. The van der Waals surface area contributed by atoms with Gasteiger partial charge in [0.25, 0.3) is 0 Å². The Labute approximate surface area is 373 Å². The Balaban J connectivity index is 2.26. The van der Waals surface area contributed by atoms with Gasteiger partial charge in [0, 0.05) is 13.0 Å². The number of unbranched alkanes of at least 4 members (excludes halogenated alkanes) is 32. The molecule has 61 heavy (non-hydrogen) atoms. The molecule has 0 amide bonds. The molecule has 0 aromatic carbocycles. The molecule has 1 fully saturated rings. The summed E-state index contributed by atoms with van der Waals surface area (Å²) in [6, 6.07) is 0. The van der Waals surface area contributed by atoms with Gasteiger partial charge in [-0.15, -0.1) is 0 Å². The molecule has 6 atom stereocenters. The lowest BCUT2D eigenvalue weighted by molar-refractivity contribution is -0.301. The average Bonchev–Trinajstić information content (AvgIpc) is 3.23. The fourth-order valence-electron chi connectivity index (χ4n) is 8.15. The fraction of sp³-hybridized carbons (Fsp3) is 0.979. The summed E-state index contributed by atoms with van der Waals surface area (Å²) < 4.78 is 59.1. The maximum atomic E-state index is 12.8. The van der Waals surface area contributed by atoms with Crippen molar-refractivity contribution in [3.05, 3.63) is 0 Å². The van der Waals surface area contributed by atoms with E-state index in [0.717, 1.165) is 38.5 Å². The number of rotatable bonds is 45. The van der Waals surface area contributed by atoms with E-state index < -0.39 is 59.8 Å². The van der Waals surface area contributed by atoms with E-state index in [-0.39, 0.29) is 19.6 Å². The van der Waals surface area contributed by atoms with Crippen LogP contribution < -0.4 is 0 Å². The Hall–Kier alpha value is -0.900. The highest BCUT2D eigenvalue weighted by molar-refractivity contribution is 7.80. The van der Waals surface area contributed by atoms with Crippen LogP contribution in [0.3, 0.4) is 0 Å². The monoisotopic (exact) mass is 895 g/mol. The highest BCUT2D eigenvalue weighted by Crippen LogP contribution is 2.26. The molecule has 1 saturated heterocycles. The number of carbonyl (C=O) groups excluding carboxylic acids is 1. The van der Waals surface area contributed by atoms with Gasteiger partial charge in [-0.2, -0.15) is 8.42 Å². The van der Waals surface area contributed by atoms with E-state index in [9.17, 15) is 28.5 Å². The van der Waals surface area contributed by atoms with Crippen LogP contribution in [0.1, 0.15) is 239 Å². The zero-order valence-electron chi connectivity index (χ0n) is 39.0.